The zero-order valence-corrected chi connectivity index (χ0v) is 14.5. The number of rotatable bonds is 3. The van der Waals surface area contributed by atoms with Crippen LogP contribution in [0.1, 0.15) is 42.3 Å². The molecule has 0 fully saturated rings. The molecule has 0 aliphatic rings. The van der Waals surface area contributed by atoms with Crippen LogP contribution in [-0.4, -0.2) is 35.8 Å². The lowest BCUT2D eigenvalue weighted by Gasteiger charge is -2.24. The fraction of sp³-hybridized carbons (Fsp3) is 0.500. The number of nitrogens with one attached hydrogen (secondary N) is 1. The highest BCUT2D eigenvalue weighted by Gasteiger charge is 2.37. The van der Waals surface area contributed by atoms with E-state index in [4.69, 9.17) is 0 Å². The van der Waals surface area contributed by atoms with Crippen LogP contribution in [0.2, 0.25) is 0 Å². The van der Waals surface area contributed by atoms with E-state index >= 15 is 0 Å². The molecule has 0 radical (unpaired) electrons. The number of alkyl halides is 6. The molecule has 0 saturated carbocycles. The Hall–Kier alpha value is -2.26. The Morgan fingerprint density at radius 2 is 1.35 bits per heavy atom. The summed E-state index contributed by atoms with van der Waals surface area (Å²) in [6, 6.07) is 0.592. The van der Waals surface area contributed by atoms with Gasteiger partial charge in [-0.2, -0.15) is 26.3 Å². The van der Waals surface area contributed by atoms with Crippen LogP contribution in [0, 0.1) is 0 Å². The SMILES string of the molecule is CN(CC(=O)NC(C)(C)C)C(=O)c1cc(C(F)(F)F)cc(C(F)(F)F)c1. The van der Waals surface area contributed by atoms with E-state index in [1.54, 1.807) is 20.8 Å². The number of halogens is 6. The quantitative estimate of drug-likeness (QED) is 0.808. The summed E-state index contributed by atoms with van der Waals surface area (Å²) in [6.45, 7) is 4.51. The van der Waals surface area contributed by atoms with Crippen molar-refractivity contribution >= 4 is 11.8 Å². The lowest BCUT2D eigenvalue weighted by molar-refractivity contribution is -0.143. The maximum Gasteiger partial charge on any atom is 0.416 e. The third-order valence-corrected chi connectivity index (χ3v) is 3.08. The zero-order valence-electron chi connectivity index (χ0n) is 14.5. The molecule has 10 heteroatoms. The van der Waals surface area contributed by atoms with Gasteiger partial charge in [0.15, 0.2) is 0 Å². The van der Waals surface area contributed by atoms with Gasteiger partial charge >= 0.3 is 12.4 Å². The molecule has 1 aromatic carbocycles. The molecule has 0 heterocycles. The van der Waals surface area contributed by atoms with E-state index in [1.165, 1.54) is 0 Å². The first-order valence-electron chi connectivity index (χ1n) is 7.36. The predicted octanol–water partition coefficient (Wildman–Crippen LogP) is 3.71. The van der Waals surface area contributed by atoms with Crippen molar-refractivity contribution in [2.24, 2.45) is 0 Å². The summed E-state index contributed by atoms with van der Waals surface area (Å²) >= 11 is 0. The maximum absolute atomic E-state index is 12.8. The number of hydrogen-bond donors (Lipinski definition) is 1. The molecule has 0 unspecified atom stereocenters. The van der Waals surface area contributed by atoms with Crippen molar-refractivity contribution in [1.29, 1.82) is 0 Å². The van der Waals surface area contributed by atoms with E-state index in [2.05, 4.69) is 5.32 Å². The smallest absolute Gasteiger partial charge is 0.350 e. The second-order valence-electron chi connectivity index (χ2n) is 6.75. The van der Waals surface area contributed by atoms with Gasteiger partial charge in [0.25, 0.3) is 5.91 Å². The average molecular weight is 384 g/mol. The fourth-order valence-electron chi connectivity index (χ4n) is 2.04. The summed E-state index contributed by atoms with van der Waals surface area (Å²) in [5.74, 6) is -1.73. The van der Waals surface area contributed by atoms with Gasteiger partial charge in [0.1, 0.15) is 0 Å². The molecular weight excluding hydrogens is 366 g/mol. The molecule has 0 saturated heterocycles. The van der Waals surface area contributed by atoms with E-state index in [-0.39, 0.29) is 6.07 Å². The average Bonchev–Trinajstić information content (AvgIpc) is 2.41. The van der Waals surface area contributed by atoms with Crippen molar-refractivity contribution in [2.45, 2.75) is 38.7 Å². The highest BCUT2D eigenvalue weighted by atomic mass is 19.4. The first-order valence-corrected chi connectivity index (χ1v) is 7.36. The van der Waals surface area contributed by atoms with E-state index in [0.29, 0.717) is 12.1 Å². The number of hydrogen-bond acceptors (Lipinski definition) is 2. The van der Waals surface area contributed by atoms with Gasteiger partial charge in [0.05, 0.1) is 17.7 Å². The molecule has 1 N–H and O–H groups in total. The van der Waals surface area contributed by atoms with Crippen LogP contribution in [-0.2, 0) is 17.1 Å². The van der Waals surface area contributed by atoms with Crippen molar-refractivity contribution < 1.29 is 35.9 Å². The van der Waals surface area contributed by atoms with Gasteiger partial charge < -0.3 is 10.2 Å². The summed E-state index contributed by atoms with van der Waals surface area (Å²) in [4.78, 5) is 24.8. The van der Waals surface area contributed by atoms with E-state index in [9.17, 15) is 35.9 Å². The van der Waals surface area contributed by atoms with Gasteiger partial charge in [0, 0.05) is 18.2 Å². The number of likely N-dealkylation sites (N-methyl/N-ethyl adjacent to an activating group) is 1. The van der Waals surface area contributed by atoms with Crippen LogP contribution in [0.4, 0.5) is 26.3 Å². The van der Waals surface area contributed by atoms with Gasteiger partial charge in [0.2, 0.25) is 5.91 Å². The molecule has 0 aliphatic carbocycles. The zero-order chi connectivity index (χ0) is 20.5. The van der Waals surface area contributed by atoms with Gasteiger partial charge in [-0.1, -0.05) is 0 Å². The second-order valence-corrected chi connectivity index (χ2v) is 6.75. The third-order valence-electron chi connectivity index (χ3n) is 3.08. The molecule has 2 amide bonds. The van der Waals surface area contributed by atoms with Crippen LogP contribution in [0.5, 0.6) is 0 Å². The van der Waals surface area contributed by atoms with Crippen molar-refractivity contribution in [3.05, 3.63) is 34.9 Å². The molecule has 26 heavy (non-hydrogen) atoms. The number of amides is 2. The molecule has 0 atom stereocenters. The molecular formula is C16H18F6N2O2. The first-order chi connectivity index (χ1) is 11.5. The highest BCUT2D eigenvalue weighted by Crippen LogP contribution is 2.36. The Balaban J connectivity index is 3.16. The van der Waals surface area contributed by atoms with Gasteiger partial charge in [-0.15, -0.1) is 0 Å². The molecule has 1 rings (SSSR count). The first kappa shape index (κ1) is 21.8. The molecule has 0 bridgehead atoms. The van der Waals surface area contributed by atoms with E-state index in [1.807, 2.05) is 0 Å². The van der Waals surface area contributed by atoms with Crippen LogP contribution < -0.4 is 5.32 Å². The van der Waals surface area contributed by atoms with Crippen molar-refractivity contribution in [1.82, 2.24) is 10.2 Å². The Morgan fingerprint density at radius 3 is 1.69 bits per heavy atom. The highest BCUT2D eigenvalue weighted by molar-refractivity contribution is 5.96. The minimum Gasteiger partial charge on any atom is -0.350 e. The topological polar surface area (TPSA) is 49.4 Å². The number of carbonyl (C=O) groups is 2. The third kappa shape index (κ3) is 6.23. The fourth-order valence-corrected chi connectivity index (χ4v) is 2.04. The van der Waals surface area contributed by atoms with E-state index < -0.39 is 52.9 Å². The van der Waals surface area contributed by atoms with Crippen molar-refractivity contribution in [3.63, 3.8) is 0 Å². The Morgan fingerprint density at radius 1 is 0.923 bits per heavy atom. The Kier molecular flexibility index (Phi) is 6.00. The number of benzene rings is 1. The van der Waals surface area contributed by atoms with Crippen molar-refractivity contribution in [2.75, 3.05) is 13.6 Å². The lowest BCUT2D eigenvalue weighted by Crippen LogP contribution is -2.46. The number of carbonyl (C=O) groups excluding carboxylic acids is 2. The van der Waals surface area contributed by atoms with Crippen LogP contribution in [0.25, 0.3) is 0 Å². The molecule has 146 valence electrons. The summed E-state index contributed by atoms with van der Waals surface area (Å²) in [5, 5.41) is 2.53. The molecule has 1 aromatic rings. The van der Waals surface area contributed by atoms with Crippen LogP contribution in [0.3, 0.4) is 0 Å². The van der Waals surface area contributed by atoms with Gasteiger partial charge in [-0.25, -0.2) is 0 Å². The normalized spacial score (nSPS) is 12.7. The van der Waals surface area contributed by atoms with Crippen molar-refractivity contribution in [3.8, 4) is 0 Å². The van der Waals surface area contributed by atoms with Crippen LogP contribution in [0.15, 0.2) is 18.2 Å². The van der Waals surface area contributed by atoms with Crippen LogP contribution >= 0.6 is 0 Å². The van der Waals surface area contributed by atoms with E-state index in [0.717, 1.165) is 11.9 Å². The largest absolute Gasteiger partial charge is 0.416 e. The summed E-state index contributed by atoms with van der Waals surface area (Å²) < 4.78 is 77.0. The van der Waals surface area contributed by atoms with Gasteiger partial charge in [-0.3, -0.25) is 9.59 Å². The molecule has 0 aromatic heterocycles. The Labute approximate surface area is 146 Å². The summed E-state index contributed by atoms with van der Waals surface area (Å²) in [7, 11) is 1.11. The predicted molar refractivity (Wildman–Crippen MR) is 81.3 cm³/mol. The number of nitrogens with zero attached hydrogens (tertiary/aromatic N) is 1. The molecule has 0 spiro atoms. The molecule has 4 nitrogen and oxygen atoms in total. The molecule has 0 aliphatic heterocycles. The summed E-state index contributed by atoms with van der Waals surface area (Å²) in [5.41, 5.74) is -4.61. The minimum atomic E-state index is -5.06. The second kappa shape index (κ2) is 7.16. The maximum atomic E-state index is 12.8. The summed E-state index contributed by atoms with van der Waals surface area (Å²) in [6.07, 6.45) is -10.1. The minimum absolute atomic E-state index is 0.0664. The standard InChI is InChI=1S/C16H18F6N2O2/c1-14(2,3)23-12(25)8-24(4)13(26)9-5-10(15(17,18)19)7-11(6-9)16(20,21)22/h5-7H,8H2,1-4H3,(H,23,25). The van der Waals surface area contributed by atoms with Gasteiger partial charge in [-0.05, 0) is 39.0 Å². The monoisotopic (exact) mass is 384 g/mol. The Bertz CT molecular complexity index is 657. The lowest BCUT2D eigenvalue weighted by atomic mass is 10.0.